The predicted molar refractivity (Wildman–Crippen MR) is 115 cm³/mol. The Morgan fingerprint density at radius 2 is 1.87 bits per heavy atom. The molecular weight excluding hydrogens is 406 g/mol. The van der Waals surface area contributed by atoms with E-state index < -0.39 is 0 Å². The lowest BCUT2D eigenvalue weighted by atomic mass is 10.1. The van der Waals surface area contributed by atoms with Crippen molar-refractivity contribution in [1.82, 2.24) is 10.5 Å². The molecule has 0 fully saturated rings. The molecule has 1 aromatic heterocycles. The molecular formula is C22H22ClN3O4. The normalized spacial score (nSPS) is 10.6. The number of hydrogen-bond acceptors (Lipinski definition) is 5. The number of nitrogens with zero attached hydrogens (tertiary/aromatic N) is 1. The number of ether oxygens (including phenoxy) is 1. The van der Waals surface area contributed by atoms with Gasteiger partial charge >= 0.3 is 0 Å². The first-order chi connectivity index (χ1) is 14.5. The fourth-order valence-electron chi connectivity index (χ4n) is 2.92. The van der Waals surface area contributed by atoms with Crippen molar-refractivity contribution in [3.8, 4) is 11.3 Å². The Labute approximate surface area is 179 Å². The highest BCUT2D eigenvalue weighted by Gasteiger charge is 2.23. The minimum absolute atomic E-state index is 0.0895. The van der Waals surface area contributed by atoms with Crippen molar-refractivity contribution in [1.29, 1.82) is 0 Å². The van der Waals surface area contributed by atoms with Gasteiger partial charge < -0.3 is 19.9 Å². The molecule has 3 aromatic rings. The van der Waals surface area contributed by atoms with Gasteiger partial charge in [0, 0.05) is 24.9 Å². The summed E-state index contributed by atoms with van der Waals surface area (Å²) in [6, 6.07) is 14.2. The summed E-state index contributed by atoms with van der Waals surface area (Å²) in [7, 11) is 1.58. The van der Waals surface area contributed by atoms with Crippen LogP contribution < -0.4 is 10.6 Å². The Morgan fingerprint density at radius 1 is 1.13 bits per heavy atom. The number of carbonyl (C=O) groups is 2. The molecule has 30 heavy (non-hydrogen) atoms. The van der Waals surface area contributed by atoms with Gasteiger partial charge in [-0.3, -0.25) is 9.59 Å². The zero-order valence-electron chi connectivity index (χ0n) is 16.7. The second-order valence-electron chi connectivity index (χ2n) is 6.61. The summed E-state index contributed by atoms with van der Waals surface area (Å²) in [6.45, 7) is 2.61. The highest BCUT2D eigenvalue weighted by atomic mass is 35.5. The first-order valence-corrected chi connectivity index (χ1v) is 9.74. The van der Waals surface area contributed by atoms with Crippen LogP contribution in [0.15, 0.2) is 53.1 Å². The number of benzene rings is 2. The van der Waals surface area contributed by atoms with Crippen LogP contribution in [0.2, 0.25) is 5.02 Å². The van der Waals surface area contributed by atoms with Crippen molar-refractivity contribution in [3.05, 3.63) is 70.4 Å². The quantitative estimate of drug-likeness (QED) is 0.532. The number of amides is 2. The monoisotopic (exact) mass is 427 g/mol. The van der Waals surface area contributed by atoms with E-state index in [9.17, 15) is 9.59 Å². The number of rotatable bonds is 8. The van der Waals surface area contributed by atoms with Crippen LogP contribution in [0.25, 0.3) is 11.3 Å². The van der Waals surface area contributed by atoms with Crippen LogP contribution in [0.1, 0.15) is 21.7 Å². The number of methoxy groups -OCH3 is 1. The van der Waals surface area contributed by atoms with Crippen molar-refractivity contribution < 1.29 is 18.8 Å². The Kier molecular flexibility index (Phi) is 7.21. The molecule has 0 aliphatic rings. The third-order valence-electron chi connectivity index (χ3n) is 4.42. The molecule has 3 rings (SSSR count). The molecule has 8 heteroatoms. The number of carbonyl (C=O) groups excluding carboxylic acids is 2. The molecule has 2 amide bonds. The van der Waals surface area contributed by atoms with Gasteiger partial charge in [0.2, 0.25) is 5.91 Å². The highest BCUT2D eigenvalue weighted by Crippen LogP contribution is 2.31. The molecule has 0 aliphatic heterocycles. The molecule has 0 atom stereocenters. The van der Waals surface area contributed by atoms with Gasteiger partial charge in [-0.2, -0.15) is 0 Å². The van der Waals surface area contributed by atoms with E-state index in [0.717, 1.165) is 5.56 Å². The molecule has 0 saturated carbocycles. The number of nitrogens with one attached hydrogen (secondary N) is 2. The van der Waals surface area contributed by atoms with Crippen molar-refractivity contribution in [3.63, 3.8) is 0 Å². The average molecular weight is 428 g/mol. The number of aryl methyl sites for hydroxylation is 1. The summed E-state index contributed by atoms with van der Waals surface area (Å²) in [5, 5.41) is 10.1. The Bertz CT molecular complexity index is 1030. The zero-order valence-corrected chi connectivity index (χ0v) is 17.5. The Balaban J connectivity index is 1.69. The maximum atomic E-state index is 12.9. The first kappa shape index (κ1) is 21.5. The molecule has 7 nitrogen and oxygen atoms in total. The summed E-state index contributed by atoms with van der Waals surface area (Å²) in [5.74, 6) is -0.0474. The van der Waals surface area contributed by atoms with Gasteiger partial charge in [0.15, 0.2) is 0 Å². The minimum atomic E-state index is -0.353. The van der Waals surface area contributed by atoms with Gasteiger partial charge in [-0.05, 0) is 30.7 Å². The van der Waals surface area contributed by atoms with Crippen LogP contribution in [0, 0.1) is 6.92 Å². The zero-order chi connectivity index (χ0) is 21.5. The molecule has 0 aliphatic carbocycles. The fourth-order valence-corrected chi connectivity index (χ4v) is 3.14. The van der Waals surface area contributed by atoms with E-state index in [4.69, 9.17) is 20.9 Å². The van der Waals surface area contributed by atoms with Crippen LogP contribution in [-0.2, 0) is 16.0 Å². The second-order valence-corrected chi connectivity index (χ2v) is 7.02. The molecule has 0 radical (unpaired) electrons. The van der Waals surface area contributed by atoms with Gasteiger partial charge in [-0.15, -0.1) is 0 Å². The molecule has 1 heterocycles. The minimum Gasteiger partial charge on any atom is -0.383 e. The summed E-state index contributed by atoms with van der Waals surface area (Å²) in [5.41, 5.74) is 2.76. The molecule has 0 unspecified atom stereocenters. The van der Waals surface area contributed by atoms with Crippen molar-refractivity contribution >= 4 is 29.1 Å². The second kappa shape index (κ2) is 10.0. The van der Waals surface area contributed by atoms with Gasteiger partial charge in [0.25, 0.3) is 5.91 Å². The molecule has 0 saturated heterocycles. The van der Waals surface area contributed by atoms with Crippen molar-refractivity contribution in [2.45, 2.75) is 13.3 Å². The largest absolute Gasteiger partial charge is 0.383 e. The smallest absolute Gasteiger partial charge is 0.261 e. The number of halogens is 1. The summed E-state index contributed by atoms with van der Waals surface area (Å²) >= 11 is 6.25. The molecule has 0 bridgehead atoms. The number of hydrogen-bond donors (Lipinski definition) is 2. The maximum Gasteiger partial charge on any atom is 0.261 e. The van der Waals surface area contributed by atoms with Crippen LogP contribution in [-0.4, -0.2) is 37.2 Å². The van der Waals surface area contributed by atoms with E-state index >= 15 is 0 Å². The maximum absolute atomic E-state index is 12.9. The third kappa shape index (κ3) is 5.25. The molecule has 0 spiro atoms. The lowest BCUT2D eigenvalue weighted by Crippen LogP contribution is -2.28. The van der Waals surface area contributed by atoms with E-state index in [-0.39, 0.29) is 18.2 Å². The van der Waals surface area contributed by atoms with Crippen molar-refractivity contribution in [2.24, 2.45) is 0 Å². The van der Waals surface area contributed by atoms with Crippen LogP contribution >= 0.6 is 11.6 Å². The Hall–Kier alpha value is -3.16. The lowest BCUT2D eigenvalue weighted by molar-refractivity contribution is -0.120. The first-order valence-electron chi connectivity index (χ1n) is 9.36. The van der Waals surface area contributed by atoms with Crippen LogP contribution in [0.5, 0.6) is 0 Å². The predicted octanol–water partition coefficient (Wildman–Crippen LogP) is 3.86. The van der Waals surface area contributed by atoms with Gasteiger partial charge in [0.1, 0.15) is 17.0 Å². The van der Waals surface area contributed by atoms with Crippen LogP contribution in [0.3, 0.4) is 0 Å². The van der Waals surface area contributed by atoms with Gasteiger partial charge in [0.05, 0.1) is 18.1 Å². The topological polar surface area (TPSA) is 93.5 Å². The van der Waals surface area contributed by atoms with Gasteiger partial charge in [-0.1, -0.05) is 47.1 Å². The summed E-state index contributed by atoms with van der Waals surface area (Å²) < 4.78 is 10.1. The molecule has 2 aromatic carbocycles. The average Bonchev–Trinajstić information content (AvgIpc) is 3.11. The van der Waals surface area contributed by atoms with E-state index in [1.165, 1.54) is 0 Å². The van der Waals surface area contributed by atoms with Crippen LogP contribution in [0.4, 0.5) is 5.69 Å². The number of anilines is 1. The highest BCUT2D eigenvalue weighted by molar-refractivity contribution is 6.33. The SMILES string of the molecule is COCCNC(=O)Cc1ccc(NC(=O)c2c(-c3ccccc3Cl)noc2C)cc1. The summed E-state index contributed by atoms with van der Waals surface area (Å²) in [4.78, 5) is 24.8. The lowest BCUT2D eigenvalue weighted by Gasteiger charge is -2.08. The van der Waals surface area contributed by atoms with Gasteiger partial charge in [-0.25, -0.2) is 0 Å². The van der Waals surface area contributed by atoms with E-state index in [1.807, 2.05) is 6.07 Å². The fraction of sp³-hybridized carbons (Fsp3) is 0.227. The Morgan fingerprint density at radius 3 is 2.57 bits per heavy atom. The van der Waals surface area contributed by atoms with Crippen molar-refractivity contribution in [2.75, 3.05) is 25.6 Å². The third-order valence-corrected chi connectivity index (χ3v) is 4.75. The molecule has 2 N–H and O–H groups in total. The van der Waals surface area contributed by atoms with E-state index in [2.05, 4.69) is 15.8 Å². The van der Waals surface area contributed by atoms with E-state index in [0.29, 0.717) is 46.4 Å². The summed E-state index contributed by atoms with van der Waals surface area (Å²) in [6.07, 6.45) is 0.249. The standard InChI is InChI=1S/C22H22ClN3O4/c1-14-20(21(26-30-14)17-5-3-4-6-18(17)23)22(28)25-16-9-7-15(8-10-16)13-19(27)24-11-12-29-2/h3-10H,11-13H2,1-2H3,(H,24,27)(H,25,28). The molecule has 156 valence electrons. The van der Waals surface area contributed by atoms with E-state index in [1.54, 1.807) is 56.5 Å². The number of aromatic nitrogens is 1.